The van der Waals surface area contributed by atoms with Gasteiger partial charge < -0.3 is 9.84 Å². The average Bonchev–Trinajstić information content (AvgIpc) is 2.76. The first-order valence-corrected chi connectivity index (χ1v) is 9.04. The maximum absolute atomic E-state index is 13.1. The van der Waals surface area contributed by atoms with E-state index in [1.165, 1.54) is 25.3 Å². The Morgan fingerprint density at radius 2 is 1.74 bits per heavy atom. The van der Waals surface area contributed by atoms with E-state index in [1.807, 2.05) is 6.07 Å². The van der Waals surface area contributed by atoms with Crippen LogP contribution >= 0.6 is 0 Å². The van der Waals surface area contributed by atoms with E-state index in [0.717, 1.165) is 18.2 Å². The molecule has 0 aliphatic carbocycles. The van der Waals surface area contributed by atoms with E-state index in [1.54, 1.807) is 36.4 Å². The predicted molar refractivity (Wildman–Crippen MR) is 110 cm³/mol. The van der Waals surface area contributed by atoms with E-state index >= 15 is 0 Å². The Labute approximate surface area is 176 Å². The Balaban J connectivity index is 2.11. The number of rotatable bonds is 5. The Morgan fingerprint density at radius 1 is 1.03 bits per heavy atom. The minimum atomic E-state index is -4.49. The summed E-state index contributed by atoms with van der Waals surface area (Å²) in [5.74, 6) is -0.596. The molecule has 4 nitrogen and oxygen atoms in total. The zero-order valence-corrected chi connectivity index (χ0v) is 16.3. The van der Waals surface area contributed by atoms with Gasteiger partial charge in [-0.3, -0.25) is 0 Å². The van der Waals surface area contributed by atoms with Crippen molar-refractivity contribution in [3.63, 3.8) is 0 Å². The normalized spacial score (nSPS) is 11.3. The number of carboxylic acid groups (broad SMARTS) is 1. The highest BCUT2D eigenvalue weighted by Gasteiger charge is 2.30. The van der Waals surface area contributed by atoms with E-state index in [0.29, 0.717) is 28.0 Å². The van der Waals surface area contributed by atoms with Crippen LogP contribution in [0.1, 0.15) is 16.7 Å². The molecule has 0 saturated heterocycles. The number of ether oxygens (including phenoxy) is 1. The molecule has 0 aromatic heterocycles. The summed E-state index contributed by atoms with van der Waals surface area (Å²) in [6, 6.07) is 16.7. The van der Waals surface area contributed by atoms with Crippen LogP contribution in [0.5, 0.6) is 5.75 Å². The molecule has 3 rings (SSSR count). The summed E-state index contributed by atoms with van der Waals surface area (Å²) in [7, 11) is 1.48. The van der Waals surface area contributed by atoms with Crippen LogP contribution in [0, 0.1) is 11.3 Å². The zero-order chi connectivity index (χ0) is 22.6. The van der Waals surface area contributed by atoms with Crippen molar-refractivity contribution in [2.24, 2.45) is 0 Å². The summed E-state index contributed by atoms with van der Waals surface area (Å²) in [5, 5.41) is 18.6. The van der Waals surface area contributed by atoms with Crippen molar-refractivity contribution in [3.05, 3.63) is 83.4 Å². The van der Waals surface area contributed by atoms with Gasteiger partial charge in [-0.25, -0.2) is 4.79 Å². The number of carbonyl (C=O) groups is 1. The van der Waals surface area contributed by atoms with Gasteiger partial charge in [0.1, 0.15) is 5.75 Å². The highest BCUT2D eigenvalue weighted by atomic mass is 19.4. The van der Waals surface area contributed by atoms with Crippen molar-refractivity contribution >= 4 is 12.0 Å². The minimum absolute atomic E-state index is 0.195. The third-order valence-electron chi connectivity index (χ3n) is 4.62. The zero-order valence-electron chi connectivity index (χ0n) is 16.3. The molecule has 7 heteroatoms. The predicted octanol–water partition coefficient (Wildman–Crippen LogP) is 6.02. The van der Waals surface area contributed by atoms with Crippen LogP contribution in [-0.4, -0.2) is 18.2 Å². The molecule has 0 aliphatic rings. The van der Waals surface area contributed by atoms with Crippen molar-refractivity contribution in [1.82, 2.24) is 0 Å². The van der Waals surface area contributed by atoms with Gasteiger partial charge in [0.05, 0.1) is 24.3 Å². The first kappa shape index (κ1) is 21.7. The van der Waals surface area contributed by atoms with Gasteiger partial charge in [0, 0.05) is 6.08 Å². The number of carboxylic acids is 1. The Morgan fingerprint density at radius 3 is 2.39 bits per heavy atom. The minimum Gasteiger partial charge on any atom is -0.497 e. The van der Waals surface area contributed by atoms with Crippen molar-refractivity contribution in [2.75, 3.05) is 7.11 Å². The summed E-state index contributed by atoms with van der Waals surface area (Å²) in [4.78, 5) is 10.9. The second-order valence-electron chi connectivity index (χ2n) is 6.58. The SMILES string of the molecule is COc1ccc(-c2ccc(-c3cccc(C(F)(F)F)c3)c(C#N)c2)c(/C=C/C(=O)O)c1. The van der Waals surface area contributed by atoms with Crippen LogP contribution in [0.25, 0.3) is 28.3 Å². The van der Waals surface area contributed by atoms with Crippen LogP contribution < -0.4 is 4.74 Å². The lowest BCUT2D eigenvalue weighted by atomic mass is 9.92. The maximum Gasteiger partial charge on any atom is 0.416 e. The number of halogens is 3. The third kappa shape index (κ3) is 4.93. The quantitative estimate of drug-likeness (QED) is 0.510. The molecule has 0 atom stereocenters. The first-order valence-electron chi connectivity index (χ1n) is 9.04. The number of hydrogen-bond acceptors (Lipinski definition) is 3. The summed E-state index contributed by atoms with van der Waals surface area (Å²) in [6.07, 6.45) is -2.09. The summed E-state index contributed by atoms with van der Waals surface area (Å²) < 4.78 is 44.4. The second-order valence-corrected chi connectivity index (χ2v) is 6.58. The molecule has 1 N–H and O–H groups in total. The lowest BCUT2D eigenvalue weighted by molar-refractivity contribution is -0.137. The molecular weight excluding hydrogens is 407 g/mol. The van der Waals surface area contributed by atoms with Crippen molar-refractivity contribution in [1.29, 1.82) is 5.26 Å². The molecule has 0 unspecified atom stereocenters. The van der Waals surface area contributed by atoms with Gasteiger partial charge in [-0.15, -0.1) is 0 Å². The van der Waals surface area contributed by atoms with Gasteiger partial charge in [0.25, 0.3) is 0 Å². The molecular formula is C24H16F3NO3. The Kier molecular flexibility index (Phi) is 6.12. The fourth-order valence-corrected chi connectivity index (χ4v) is 3.15. The first-order chi connectivity index (χ1) is 14.7. The molecule has 0 amide bonds. The van der Waals surface area contributed by atoms with E-state index in [9.17, 15) is 23.2 Å². The molecule has 0 radical (unpaired) electrons. The van der Waals surface area contributed by atoms with Crippen LogP contribution in [0.4, 0.5) is 13.2 Å². The number of benzene rings is 3. The fraction of sp³-hybridized carbons (Fsp3) is 0.0833. The highest BCUT2D eigenvalue weighted by Crippen LogP contribution is 2.35. The average molecular weight is 423 g/mol. The maximum atomic E-state index is 13.1. The molecule has 0 aliphatic heterocycles. The molecule has 0 heterocycles. The lowest BCUT2D eigenvalue weighted by Crippen LogP contribution is -2.04. The van der Waals surface area contributed by atoms with Crippen molar-refractivity contribution in [2.45, 2.75) is 6.18 Å². The number of nitriles is 1. The number of methoxy groups -OCH3 is 1. The molecule has 3 aromatic rings. The Bertz CT molecular complexity index is 1210. The largest absolute Gasteiger partial charge is 0.497 e. The smallest absolute Gasteiger partial charge is 0.416 e. The molecule has 156 valence electrons. The summed E-state index contributed by atoms with van der Waals surface area (Å²) >= 11 is 0. The molecule has 0 bridgehead atoms. The van der Waals surface area contributed by atoms with Gasteiger partial charge in [-0.05, 0) is 64.2 Å². The fourth-order valence-electron chi connectivity index (χ4n) is 3.15. The number of nitrogens with zero attached hydrogens (tertiary/aromatic N) is 1. The molecule has 3 aromatic carbocycles. The van der Waals surface area contributed by atoms with Crippen molar-refractivity contribution in [3.8, 4) is 34.1 Å². The Hall–Kier alpha value is -4.05. The standard InChI is InChI=1S/C24H16F3NO3/c1-31-20-7-9-21(17(13-20)6-10-23(29)30)16-5-8-22(18(11-16)14-28)15-3-2-4-19(12-15)24(25,26)27/h2-13H,1H3,(H,29,30)/b10-6+. The van der Waals surface area contributed by atoms with Gasteiger partial charge in [-0.2, -0.15) is 18.4 Å². The van der Waals surface area contributed by atoms with E-state index in [-0.39, 0.29) is 11.1 Å². The van der Waals surface area contributed by atoms with Crippen LogP contribution in [0.15, 0.2) is 66.7 Å². The topological polar surface area (TPSA) is 70.3 Å². The summed E-state index contributed by atoms with van der Waals surface area (Å²) in [6.45, 7) is 0. The number of alkyl halides is 3. The van der Waals surface area contributed by atoms with Crippen LogP contribution in [0.3, 0.4) is 0 Å². The third-order valence-corrected chi connectivity index (χ3v) is 4.62. The van der Waals surface area contributed by atoms with Crippen molar-refractivity contribution < 1.29 is 27.8 Å². The molecule has 0 fully saturated rings. The molecule has 0 saturated carbocycles. The van der Waals surface area contributed by atoms with Gasteiger partial charge >= 0.3 is 12.1 Å². The van der Waals surface area contributed by atoms with E-state index < -0.39 is 17.7 Å². The van der Waals surface area contributed by atoms with Gasteiger partial charge in [0.15, 0.2) is 0 Å². The lowest BCUT2D eigenvalue weighted by Gasteiger charge is -2.13. The van der Waals surface area contributed by atoms with Gasteiger partial charge in [0.2, 0.25) is 0 Å². The summed E-state index contributed by atoms with van der Waals surface area (Å²) in [5.41, 5.74) is 1.85. The highest BCUT2D eigenvalue weighted by molar-refractivity contribution is 5.88. The number of aliphatic carboxylic acids is 1. The molecule has 31 heavy (non-hydrogen) atoms. The monoisotopic (exact) mass is 423 g/mol. The van der Waals surface area contributed by atoms with E-state index in [4.69, 9.17) is 9.84 Å². The van der Waals surface area contributed by atoms with Crippen LogP contribution in [0.2, 0.25) is 0 Å². The van der Waals surface area contributed by atoms with Crippen LogP contribution in [-0.2, 0) is 11.0 Å². The second kappa shape index (κ2) is 8.76. The molecule has 0 spiro atoms. The van der Waals surface area contributed by atoms with Gasteiger partial charge in [-0.1, -0.05) is 30.3 Å². The number of hydrogen-bond donors (Lipinski definition) is 1. The van der Waals surface area contributed by atoms with E-state index in [2.05, 4.69) is 0 Å².